The van der Waals surface area contributed by atoms with Crippen LogP contribution in [0.3, 0.4) is 0 Å². The lowest BCUT2D eigenvalue weighted by Gasteiger charge is -2.16. The summed E-state index contributed by atoms with van der Waals surface area (Å²) in [5.41, 5.74) is 2.32. The van der Waals surface area contributed by atoms with Gasteiger partial charge in [0.05, 0.1) is 12.8 Å². The van der Waals surface area contributed by atoms with Crippen molar-refractivity contribution in [2.45, 2.75) is 26.9 Å². The average molecular weight is 392 g/mol. The largest absolute Gasteiger partial charge is 0.495 e. The standard InChI is InChI=1S/C20H22ClNO5/c1-12-5-6-13(2)18(9-12)26-11-19(23)27-14(3)20(24)22-16-10-15(21)7-8-17(16)25-4/h5-10,14H,11H2,1-4H3,(H,22,24). The Morgan fingerprint density at radius 3 is 2.56 bits per heavy atom. The van der Waals surface area contributed by atoms with E-state index in [0.717, 1.165) is 11.1 Å². The molecule has 0 bridgehead atoms. The van der Waals surface area contributed by atoms with Crippen molar-refractivity contribution in [3.63, 3.8) is 0 Å². The van der Waals surface area contributed by atoms with Crippen molar-refractivity contribution >= 4 is 29.2 Å². The minimum absolute atomic E-state index is 0.289. The minimum atomic E-state index is -1.01. The molecule has 1 atom stereocenters. The van der Waals surface area contributed by atoms with Gasteiger partial charge in [-0.15, -0.1) is 0 Å². The SMILES string of the molecule is COc1ccc(Cl)cc1NC(=O)C(C)OC(=O)COc1cc(C)ccc1C. The molecular weight excluding hydrogens is 370 g/mol. The summed E-state index contributed by atoms with van der Waals surface area (Å²) < 4.78 is 15.8. The second-order valence-corrected chi connectivity index (χ2v) is 6.46. The molecule has 0 aromatic heterocycles. The van der Waals surface area contributed by atoms with Gasteiger partial charge in [0, 0.05) is 5.02 Å². The molecule has 0 aliphatic carbocycles. The van der Waals surface area contributed by atoms with E-state index in [9.17, 15) is 9.59 Å². The normalized spacial score (nSPS) is 11.4. The molecule has 0 heterocycles. The molecule has 144 valence electrons. The number of carbonyl (C=O) groups excluding carboxylic acids is 2. The zero-order chi connectivity index (χ0) is 20.0. The van der Waals surface area contributed by atoms with Crippen LogP contribution in [0.5, 0.6) is 11.5 Å². The number of hydrogen-bond acceptors (Lipinski definition) is 5. The summed E-state index contributed by atoms with van der Waals surface area (Å²) >= 11 is 5.94. The first kappa shape index (κ1) is 20.6. The fourth-order valence-electron chi connectivity index (χ4n) is 2.30. The molecule has 0 aliphatic heterocycles. The smallest absolute Gasteiger partial charge is 0.344 e. The quantitative estimate of drug-likeness (QED) is 0.724. The van der Waals surface area contributed by atoms with Gasteiger partial charge in [0.15, 0.2) is 12.7 Å². The summed E-state index contributed by atoms with van der Waals surface area (Å²) in [5.74, 6) is -0.0930. The van der Waals surface area contributed by atoms with Crippen LogP contribution in [-0.4, -0.2) is 31.7 Å². The average Bonchev–Trinajstić information content (AvgIpc) is 2.62. The summed E-state index contributed by atoms with van der Waals surface area (Å²) in [5, 5.41) is 3.07. The maximum Gasteiger partial charge on any atom is 0.344 e. The molecule has 2 aromatic rings. The third kappa shape index (κ3) is 5.89. The fourth-order valence-corrected chi connectivity index (χ4v) is 2.47. The third-order valence-corrected chi connectivity index (χ3v) is 4.02. The van der Waals surface area contributed by atoms with E-state index in [1.54, 1.807) is 18.2 Å². The van der Waals surface area contributed by atoms with Crippen LogP contribution in [0.15, 0.2) is 36.4 Å². The molecule has 0 radical (unpaired) electrons. The van der Waals surface area contributed by atoms with E-state index in [4.69, 9.17) is 25.8 Å². The third-order valence-electron chi connectivity index (χ3n) is 3.79. The molecule has 0 fully saturated rings. The molecule has 0 aliphatic rings. The second kappa shape index (κ2) is 9.28. The first-order valence-corrected chi connectivity index (χ1v) is 8.72. The van der Waals surface area contributed by atoms with Gasteiger partial charge in [0.1, 0.15) is 11.5 Å². The van der Waals surface area contributed by atoms with Crippen LogP contribution in [0, 0.1) is 13.8 Å². The lowest BCUT2D eigenvalue weighted by atomic mass is 10.1. The molecule has 27 heavy (non-hydrogen) atoms. The number of aryl methyl sites for hydroxylation is 2. The predicted molar refractivity (Wildman–Crippen MR) is 104 cm³/mol. The van der Waals surface area contributed by atoms with Crippen LogP contribution >= 0.6 is 11.6 Å². The molecule has 1 unspecified atom stereocenters. The number of hydrogen-bond donors (Lipinski definition) is 1. The molecule has 0 saturated carbocycles. The summed E-state index contributed by atoms with van der Waals surface area (Å²) in [4.78, 5) is 24.3. The van der Waals surface area contributed by atoms with Crippen molar-refractivity contribution in [3.05, 3.63) is 52.5 Å². The molecule has 0 saturated heterocycles. The van der Waals surface area contributed by atoms with E-state index < -0.39 is 18.0 Å². The molecule has 1 amide bonds. The Bertz CT molecular complexity index is 837. The van der Waals surface area contributed by atoms with Gasteiger partial charge in [0.25, 0.3) is 5.91 Å². The number of rotatable bonds is 7. The molecular formula is C20H22ClNO5. The van der Waals surface area contributed by atoms with Crippen molar-refractivity contribution in [1.29, 1.82) is 0 Å². The van der Waals surface area contributed by atoms with E-state index in [1.165, 1.54) is 14.0 Å². The van der Waals surface area contributed by atoms with Gasteiger partial charge < -0.3 is 19.5 Å². The Morgan fingerprint density at radius 1 is 1.11 bits per heavy atom. The Hall–Kier alpha value is -2.73. The predicted octanol–water partition coefficient (Wildman–Crippen LogP) is 3.91. The molecule has 2 aromatic carbocycles. The zero-order valence-electron chi connectivity index (χ0n) is 15.7. The van der Waals surface area contributed by atoms with Gasteiger partial charge in [-0.3, -0.25) is 4.79 Å². The number of halogens is 1. The topological polar surface area (TPSA) is 73.9 Å². The first-order valence-electron chi connectivity index (χ1n) is 8.34. The number of methoxy groups -OCH3 is 1. The maximum atomic E-state index is 12.3. The number of benzene rings is 2. The van der Waals surface area contributed by atoms with Crippen LogP contribution in [-0.2, 0) is 14.3 Å². The van der Waals surface area contributed by atoms with Crippen molar-refractivity contribution in [2.24, 2.45) is 0 Å². The second-order valence-electron chi connectivity index (χ2n) is 6.02. The number of nitrogens with one attached hydrogen (secondary N) is 1. The van der Waals surface area contributed by atoms with Crippen molar-refractivity contribution in [3.8, 4) is 11.5 Å². The van der Waals surface area contributed by atoms with Crippen LogP contribution in [0.25, 0.3) is 0 Å². The summed E-state index contributed by atoms with van der Waals surface area (Å²) in [6.45, 7) is 5.00. The highest BCUT2D eigenvalue weighted by Crippen LogP contribution is 2.27. The zero-order valence-corrected chi connectivity index (χ0v) is 16.4. The lowest BCUT2D eigenvalue weighted by Crippen LogP contribution is -2.31. The number of ether oxygens (including phenoxy) is 3. The van der Waals surface area contributed by atoms with Gasteiger partial charge in [-0.2, -0.15) is 0 Å². The minimum Gasteiger partial charge on any atom is -0.495 e. The van der Waals surface area contributed by atoms with E-state index in [1.807, 2.05) is 32.0 Å². The van der Waals surface area contributed by atoms with E-state index in [-0.39, 0.29) is 6.61 Å². The Balaban J connectivity index is 1.91. The summed E-state index contributed by atoms with van der Waals surface area (Å²) in [6, 6.07) is 10.5. The van der Waals surface area contributed by atoms with Gasteiger partial charge in [-0.05, 0) is 56.2 Å². The number of amides is 1. The molecule has 1 N–H and O–H groups in total. The fraction of sp³-hybridized carbons (Fsp3) is 0.300. The van der Waals surface area contributed by atoms with E-state index in [0.29, 0.717) is 22.2 Å². The van der Waals surface area contributed by atoms with Gasteiger partial charge in [0.2, 0.25) is 0 Å². The molecule has 2 rings (SSSR count). The Kier molecular flexibility index (Phi) is 7.07. The highest BCUT2D eigenvalue weighted by atomic mass is 35.5. The van der Waals surface area contributed by atoms with Crippen LogP contribution in [0.4, 0.5) is 5.69 Å². The van der Waals surface area contributed by atoms with Crippen LogP contribution in [0.1, 0.15) is 18.1 Å². The van der Waals surface area contributed by atoms with Crippen molar-refractivity contribution < 1.29 is 23.8 Å². The number of anilines is 1. The monoisotopic (exact) mass is 391 g/mol. The van der Waals surface area contributed by atoms with Crippen LogP contribution < -0.4 is 14.8 Å². The van der Waals surface area contributed by atoms with Gasteiger partial charge in [-0.1, -0.05) is 23.7 Å². The Morgan fingerprint density at radius 2 is 1.85 bits per heavy atom. The number of esters is 1. The molecule has 7 heteroatoms. The van der Waals surface area contributed by atoms with E-state index in [2.05, 4.69) is 5.32 Å². The number of carbonyl (C=O) groups is 2. The van der Waals surface area contributed by atoms with E-state index >= 15 is 0 Å². The van der Waals surface area contributed by atoms with Gasteiger partial charge >= 0.3 is 5.97 Å². The first-order chi connectivity index (χ1) is 12.8. The highest BCUT2D eigenvalue weighted by Gasteiger charge is 2.20. The molecule has 6 nitrogen and oxygen atoms in total. The van der Waals surface area contributed by atoms with Crippen molar-refractivity contribution in [2.75, 3.05) is 19.0 Å². The van der Waals surface area contributed by atoms with Crippen molar-refractivity contribution in [1.82, 2.24) is 0 Å². The van der Waals surface area contributed by atoms with Gasteiger partial charge in [-0.25, -0.2) is 4.79 Å². The maximum absolute atomic E-state index is 12.3. The lowest BCUT2D eigenvalue weighted by molar-refractivity contribution is -0.155. The summed E-state index contributed by atoms with van der Waals surface area (Å²) in [6.07, 6.45) is -1.01. The molecule has 0 spiro atoms. The van der Waals surface area contributed by atoms with Crippen LogP contribution in [0.2, 0.25) is 5.02 Å². The summed E-state index contributed by atoms with van der Waals surface area (Å²) in [7, 11) is 1.48. The highest BCUT2D eigenvalue weighted by molar-refractivity contribution is 6.31. The Labute approximate surface area is 163 Å².